The maximum atomic E-state index is 10.5. The molecule has 0 saturated heterocycles. The zero-order valence-electron chi connectivity index (χ0n) is 14.3. The Hall–Kier alpha value is -1.96. The fourth-order valence-corrected chi connectivity index (χ4v) is 4.19. The van der Waals surface area contributed by atoms with Crippen LogP contribution in [0.25, 0.3) is 10.1 Å². The molecule has 1 aromatic carbocycles. The number of aliphatic imine (C=N–C) groups is 1. The number of aliphatic hydroxyl groups excluding tert-OH is 1. The number of aryl methyl sites for hydroxylation is 1. The van der Waals surface area contributed by atoms with Crippen LogP contribution >= 0.6 is 22.7 Å². The molecular weight excluding hydrogens is 352 g/mol. The maximum absolute atomic E-state index is 10.5. The highest BCUT2D eigenvalue weighted by Crippen LogP contribution is 2.29. The van der Waals surface area contributed by atoms with E-state index in [1.54, 1.807) is 22.7 Å². The molecule has 0 radical (unpaired) electrons. The Morgan fingerprint density at radius 3 is 2.84 bits per heavy atom. The third-order valence-electron chi connectivity index (χ3n) is 3.62. The van der Waals surface area contributed by atoms with Crippen LogP contribution in [-0.4, -0.2) is 29.1 Å². The summed E-state index contributed by atoms with van der Waals surface area (Å²) in [6.45, 7) is 5.77. The van der Waals surface area contributed by atoms with Crippen LogP contribution in [-0.2, 0) is 6.54 Å². The van der Waals surface area contributed by atoms with Crippen molar-refractivity contribution in [1.29, 1.82) is 0 Å². The lowest BCUT2D eigenvalue weighted by Crippen LogP contribution is -2.39. The van der Waals surface area contributed by atoms with Crippen molar-refractivity contribution in [3.63, 3.8) is 0 Å². The van der Waals surface area contributed by atoms with Gasteiger partial charge in [-0.2, -0.15) is 0 Å². The van der Waals surface area contributed by atoms with Crippen molar-refractivity contribution in [2.24, 2.45) is 4.99 Å². The summed E-state index contributed by atoms with van der Waals surface area (Å²) in [4.78, 5) is 11.0. The van der Waals surface area contributed by atoms with Crippen molar-refractivity contribution in [2.75, 3.05) is 13.1 Å². The fraction of sp³-hybridized carbons (Fsp3) is 0.333. The Kier molecular flexibility index (Phi) is 6.01. The first-order chi connectivity index (χ1) is 12.2. The minimum Gasteiger partial charge on any atom is -0.386 e. The van der Waals surface area contributed by atoms with E-state index < -0.39 is 6.10 Å². The molecule has 2 heterocycles. The Balaban J connectivity index is 1.61. The van der Waals surface area contributed by atoms with Crippen LogP contribution in [0, 0.1) is 6.92 Å². The highest BCUT2D eigenvalue weighted by atomic mass is 32.1. The van der Waals surface area contributed by atoms with E-state index in [4.69, 9.17) is 0 Å². The van der Waals surface area contributed by atoms with Gasteiger partial charge in [0.1, 0.15) is 11.1 Å². The van der Waals surface area contributed by atoms with E-state index in [9.17, 15) is 5.11 Å². The van der Waals surface area contributed by atoms with Gasteiger partial charge in [-0.15, -0.1) is 22.7 Å². The van der Waals surface area contributed by atoms with Crippen LogP contribution in [0.2, 0.25) is 0 Å². The molecule has 0 bridgehead atoms. The maximum Gasteiger partial charge on any atom is 0.191 e. The molecule has 0 fully saturated rings. The molecule has 3 N–H and O–H groups in total. The van der Waals surface area contributed by atoms with Gasteiger partial charge in [-0.25, -0.2) is 9.98 Å². The molecular formula is C18H22N4OS2. The van der Waals surface area contributed by atoms with Gasteiger partial charge in [0.15, 0.2) is 5.96 Å². The molecule has 1 unspecified atom stereocenters. The zero-order chi connectivity index (χ0) is 17.6. The minimum atomic E-state index is -0.566. The molecule has 5 nitrogen and oxygen atoms in total. The number of hydrogen-bond acceptors (Lipinski definition) is 5. The second-order valence-electron chi connectivity index (χ2n) is 5.64. The summed E-state index contributed by atoms with van der Waals surface area (Å²) in [5.74, 6) is 0.690. The van der Waals surface area contributed by atoms with E-state index in [2.05, 4.69) is 38.8 Å². The predicted molar refractivity (Wildman–Crippen MR) is 106 cm³/mol. The number of guanidine groups is 1. The van der Waals surface area contributed by atoms with Crippen LogP contribution < -0.4 is 10.6 Å². The number of rotatable bonds is 6. The third kappa shape index (κ3) is 4.78. The molecule has 0 aliphatic carbocycles. The SMILES string of the molecule is CCNC(=NCc1ncc(C)s1)NCC(O)c1cc2ccccc2s1. The van der Waals surface area contributed by atoms with E-state index >= 15 is 0 Å². The Morgan fingerprint density at radius 2 is 2.12 bits per heavy atom. The second-order valence-corrected chi connectivity index (χ2v) is 8.08. The summed E-state index contributed by atoms with van der Waals surface area (Å²) in [6, 6.07) is 10.2. The van der Waals surface area contributed by atoms with Crippen LogP contribution in [0.5, 0.6) is 0 Å². The van der Waals surface area contributed by atoms with Crippen molar-refractivity contribution < 1.29 is 5.11 Å². The number of fused-ring (bicyclic) bond motifs is 1. The van der Waals surface area contributed by atoms with Crippen molar-refractivity contribution in [3.8, 4) is 0 Å². The summed E-state index contributed by atoms with van der Waals surface area (Å²) < 4.78 is 1.19. The van der Waals surface area contributed by atoms with E-state index in [1.807, 2.05) is 32.2 Å². The molecule has 0 saturated carbocycles. The van der Waals surface area contributed by atoms with Gasteiger partial charge in [-0.05, 0) is 31.4 Å². The average molecular weight is 375 g/mol. The first-order valence-corrected chi connectivity index (χ1v) is 9.89. The summed E-state index contributed by atoms with van der Waals surface area (Å²) in [5.41, 5.74) is 0. The van der Waals surface area contributed by atoms with Crippen LogP contribution in [0.4, 0.5) is 0 Å². The monoisotopic (exact) mass is 374 g/mol. The van der Waals surface area contributed by atoms with Gasteiger partial charge < -0.3 is 15.7 Å². The Bertz CT molecular complexity index is 823. The predicted octanol–water partition coefficient (Wildman–Crippen LogP) is 3.45. The third-order valence-corrected chi connectivity index (χ3v) is 5.74. The van der Waals surface area contributed by atoms with Crippen molar-refractivity contribution in [3.05, 3.63) is 51.3 Å². The molecule has 2 aromatic heterocycles. The number of aromatic nitrogens is 1. The van der Waals surface area contributed by atoms with Gasteiger partial charge >= 0.3 is 0 Å². The van der Waals surface area contributed by atoms with Gasteiger partial charge in [0, 0.05) is 33.7 Å². The highest BCUT2D eigenvalue weighted by molar-refractivity contribution is 7.19. The molecule has 3 aromatic rings. The molecule has 0 spiro atoms. The lowest BCUT2D eigenvalue weighted by molar-refractivity contribution is 0.184. The molecule has 7 heteroatoms. The smallest absolute Gasteiger partial charge is 0.191 e. The molecule has 132 valence electrons. The number of thiazole rings is 1. The average Bonchev–Trinajstić information content (AvgIpc) is 3.23. The number of benzene rings is 1. The van der Waals surface area contributed by atoms with Crippen molar-refractivity contribution in [2.45, 2.75) is 26.5 Å². The Labute approximate surface area is 155 Å². The van der Waals surface area contributed by atoms with Crippen LogP contribution in [0.15, 0.2) is 41.5 Å². The highest BCUT2D eigenvalue weighted by Gasteiger charge is 2.12. The quantitative estimate of drug-likeness (QED) is 0.457. The number of nitrogens with zero attached hydrogens (tertiary/aromatic N) is 2. The zero-order valence-corrected chi connectivity index (χ0v) is 16.0. The number of hydrogen-bond donors (Lipinski definition) is 3. The van der Waals surface area contributed by atoms with Gasteiger partial charge in [0.25, 0.3) is 0 Å². The lowest BCUT2D eigenvalue weighted by Gasteiger charge is -2.14. The lowest BCUT2D eigenvalue weighted by atomic mass is 10.2. The van der Waals surface area contributed by atoms with Gasteiger partial charge in [-0.3, -0.25) is 0 Å². The largest absolute Gasteiger partial charge is 0.386 e. The summed E-state index contributed by atoms with van der Waals surface area (Å²) in [6.07, 6.45) is 1.30. The molecule has 0 amide bonds. The first-order valence-electron chi connectivity index (χ1n) is 8.25. The molecule has 25 heavy (non-hydrogen) atoms. The summed E-state index contributed by atoms with van der Waals surface area (Å²) >= 11 is 3.27. The Morgan fingerprint density at radius 1 is 1.28 bits per heavy atom. The van der Waals surface area contributed by atoms with Crippen molar-refractivity contribution >= 4 is 38.7 Å². The van der Waals surface area contributed by atoms with Gasteiger partial charge in [-0.1, -0.05) is 18.2 Å². The summed E-state index contributed by atoms with van der Waals surface area (Å²) in [5, 5.41) is 19.0. The minimum absolute atomic E-state index is 0.412. The molecule has 3 rings (SSSR count). The van der Waals surface area contributed by atoms with Gasteiger partial charge in [0.05, 0.1) is 6.54 Å². The number of thiophene rings is 1. The van der Waals surface area contributed by atoms with Crippen LogP contribution in [0.1, 0.15) is 27.8 Å². The van der Waals surface area contributed by atoms with E-state index in [-0.39, 0.29) is 0 Å². The number of aliphatic hydroxyl groups is 1. The van der Waals surface area contributed by atoms with Crippen LogP contribution in [0.3, 0.4) is 0 Å². The standard InChI is InChI=1S/C18H22N4OS2/c1-3-19-18(22-11-17-20-9-12(2)24-17)21-10-14(23)16-8-13-6-4-5-7-15(13)25-16/h4-9,14,23H,3,10-11H2,1-2H3,(H2,19,21,22). The van der Waals surface area contributed by atoms with E-state index in [0.717, 1.165) is 16.4 Å². The first kappa shape index (κ1) is 17.8. The van der Waals surface area contributed by atoms with Crippen molar-refractivity contribution in [1.82, 2.24) is 15.6 Å². The van der Waals surface area contributed by atoms with Gasteiger partial charge in [0.2, 0.25) is 0 Å². The van der Waals surface area contributed by atoms with E-state index in [0.29, 0.717) is 19.0 Å². The normalized spacial score (nSPS) is 13.2. The molecule has 0 aliphatic heterocycles. The molecule has 0 aliphatic rings. The number of nitrogens with one attached hydrogen (secondary N) is 2. The fourth-order valence-electron chi connectivity index (χ4n) is 2.42. The summed E-state index contributed by atoms with van der Waals surface area (Å²) in [7, 11) is 0. The topological polar surface area (TPSA) is 69.5 Å². The van der Waals surface area contributed by atoms with E-state index in [1.165, 1.54) is 15.0 Å². The second kappa shape index (κ2) is 8.42. The molecule has 1 atom stereocenters.